The number of urea groups is 1. The number of carbonyl (C=O) groups excluding carboxylic acids is 1. The molecule has 2 amide bonds. The van der Waals surface area contributed by atoms with Gasteiger partial charge in [-0.05, 0) is 36.8 Å². The minimum Gasteiger partial charge on any atom is -0.495 e. The second kappa shape index (κ2) is 7.99. The topological polar surface area (TPSA) is 54.0 Å². The Balaban J connectivity index is 1.63. The van der Waals surface area contributed by atoms with Crippen LogP contribution in [-0.4, -0.2) is 51.3 Å². The van der Waals surface area contributed by atoms with Crippen LogP contribution in [0, 0.1) is 6.92 Å². The molecule has 1 heterocycles. The van der Waals surface area contributed by atoms with Gasteiger partial charge in [0, 0.05) is 26.2 Å². The molecule has 1 saturated heterocycles. The third-order valence-corrected chi connectivity index (χ3v) is 4.59. The van der Waals surface area contributed by atoms with Crippen LogP contribution in [0.4, 0.5) is 16.2 Å². The van der Waals surface area contributed by atoms with E-state index in [1.54, 1.807) is 14.2 Å². The number of amides is 2. The van der Waals surface area contributed by atoms with E-state index in [0.29, 0.717) is 24.5 Å². The zero-order valence-corrected chi connectivity index (χ0v) is 15.5. The van der Waals surface area contributed by atoms with Gasteiger partial charge in [0.2, 0.25) is 0 Å². The van der Waals surface area contributed by atoms with Crippen LogP contribution in [-0.2, 0) is 0 Å². The lowest BCUT2D eigenvalue weighted by molar-refractivity contribution is 0.208. The number of para-hydroxylation sites is 2. The van der Waals surface area contributed by atoms with Gasteiger partial charge in [-0.15, -0.1) is 0 Å². The fraction of sp³-hybridized carbons (Fsp3) is 0.350. The van der Waals surface area contributed by atoms with Crippen molar-refractivity contribution in [1.82, 2.24) is 4.90 Å². The molecule has 26 heavy (non-hydrogen) atoms. The number of rotatable bonds is 4. The van der Waals surface area contributed by atoms with Gasteiger partial charge >= 0.3 is 6.03 Å². The smallest absolute Gasteiger partial charge is 0.322 e. The minimum absolute atomic E-state index is 0.106. The van der Waals surface area contributed by atoms with E-state index in [-0.39, 0.29) is 6.03 Å². The fourth-order valence-corrected chi connectivity index (χ4v) is 3.14. The number of hydrogen-bond donors (Lipinski definition) is 1. The van der Waals surface area contributed by atoms with E-state index in [2.05, 4.69) is 23.2 Å². The Morgan fingerprint density at radius 1 is 0.962 bits per heavy atom. The lowest BCUT2D eigenvalue weighted by atomic mass is 10.1. The van der Waals surface area contributed by atoms with E-state index in [0.717, 1.165) is 24.5 Å². The average Bonchev–Trinajstić information content (AvgIpc) is 2.68. The van der Waals surface area contributed by atoms with E-state index in [1.165, 1.54) is 5.56 Å². The molecule has 0 unspecified atom stereocenters. The minimum atomic E-state index is -0.106. The van der Waals surface area contributed by atoms with Crippen molar-refractivity contribution in [3.63, 3.8) is 0 Å². The summed E-state index contributed by atoms with van der Waals surface area (Å²) in [6.45, 7) is 4.90. The number of anilines is 2. The lowest BCUT2D eigenvalue weighted by Gasteiger charge is -2.36. The van der Waals surface area contributed by atoms with Crippen LogP contribution in [0.2, 0.25) is 0 Å². The van der Waals surface area contributed by atoms with Crippen molar-refractivity contribution in [2.24, 2.45) is 0 Å². The number of nitrogens with zero attached hydrogens (tertiary/aromatic N) is 2. The predicted octanol–water partition coefficient (Wildman–Crippen LogP) is 3.37. The summed E-state index contributed by atoms with van der Waals surface area (Å²) in [5, 5.41) is 2.94. The number of nitrogens with one attached hydrogen (secondary N) is 1. The Morgan fingerprint density at radius 2 is 1.65 bits per heavy atom. The second-order valence-corrected chi connectivity index (χ2v) is 6.28. The summed E-state index contributed by atoms with van der Waals surface area (Å²) in [6.07, 6.45) is 0. The maximum absolute atomic E-state index is 12.6. The highest BCUT2D eigenvalue weighted by Crippen LogP contribution is 2.30. The molecule has 0 aromatic heterocycles. The first-order chi connectivity index (χ1) is 12.6. The van der Waals surface area contributed by atoms with Crippen molar-refractivity contribution >= 4 is 17.4 Å². The van der Waals surface area contributed by atoms with Crippen LogP contribution in [0.25, 0.3) is 0 Å². The number of ether oxygens (including phenoxy) is 2. The van der Waals surface area contributed by atoms with Gasteiger partial charge in [0.05, 0.1) is 25.6 Å². The van der Waals surface area contributed by atoms with Crippen molar-refractivity contribution in [2.75, 3.05) is 50.6 Å². The summed E-state index contributed by atoms with van der Waals surface area (Å²) >= 11 is 0. The van der Waals surface area contributed by atoms with Gasteiger partial charge in [-0.25, -0.2) is 4.79 Å². The molecule has 1 aliphatic rings. The maximum Gasteiger partial charge on any atom is 0.322 e. The molecule has 138 valence electrons. The summed E-state index contributed by atoms with van der Waals surface area (Å²) < 4.78 is 10.8. The molecule has 2 aromatic rings. The first-order valence-electron chi connectivity index (χ1n) is 8.71. The van der Waals surface area contributed by atoms with Gasteiger partial charge in [0.1, 0.15) is 11.5 Å². The Labute approximate surface area is 154 Å². The van der Waals surface area contributed by atoms with Gasteiger partial charge in [0.15, 0.2) is 0 Å². The zero-order valence-electron chi connectivity index (χ0n) is 15.5. The van der Waals surface area contributed by atoms with Crippen molar-refractivity contribution < 1.29 is 14.3 Å². The Morgan fingerprint density at radius 3 is 2.35 bits per heavy atom. The molecule has 0 spiro atoms. The summed E-state index contributed by atoms with van der Waals surface area (Å²) in [5.74, 6) is 1.52. The van der Waals surface area contributed by atoms with Crippen LogP contribution in [0.15, 0.2) is 42.5 Å². The standard InChI is InChI=1S/C20H25N3O3/c1-15-8-9-19(26-3)17(14-15)22-10-12-23(13-11-22)20(24)21-16-6-4-5-7-18(16)25-2/h4-9,14H,10-13H2,1-3H3,(H,21,24). The Bertz CT molecular complexity index is 771. The highest BCUT2D eigenvalue weighted by Gasteiger charge is 2.23. The summed E-state index contributed by atoms with van der Waals surface area (Å²) in [7, 11) is 3.28. The van der Waals surface area contributed by atoms with Crippen LogP contribution >= 0.6 is 0 Å². The molecule has 0 aliphatic carbocycles. The van der Waals surface area contributed by atoms with Gasteiger partial charge in [-0.2, -0.15) is 0 Å². The molecule has 6 heteroatoms. The largest absolute Gasteiger partial charge is 0.495 e. The third kappa shape index (κ3) is 3.85. The number of aryl methyl sites for hydroxylation is 1. The summed E-state index contributed by atoms with van der Waals surface area (Å²) in [5.41, 5.74) is 2.96. The first kappa shape index (κ1) is 17.9. The fourth-order valence-electron chi connectivity index (χ4n) is 3.14. The van der Waals surface area contributed by atoms with Gasteiger partial charge in [0.25, 0.3) is 0 Å². The predicted molar refractivity (Wildman–Crippen MR) is 104 cm³/mol. The highest BCUT2D eigenvalue weighted by molar-refractivity contribution is 5.91. The van der Waals surface area contributed by atoms with Crippen LogP contribution in [0.1, 0.15) is 5.56 Å². The molecule has 0 radical (unpaired) electrons. The normalized spacial score (nSPS) is 14.1. The maximum atomic E-state index is 12.6. The molecule has 2 aromatic carbocycles. The SMILES string of the molecule is COc1ccccc1NC(=O)N1CCN(c2cc(C)ccc2OC)CC1. The molecule has 1 aliphatic heterocycles. The molecular formula is C20H25N3O3. The van der Waals surface area contributed by atoms with Crippen LogP contribution < -0.4 is 19.7 Å². The van der Waals surface area contributed by atoms with E-state index < -0.39 is 0 Å². The van der Waals surface area contributed by atoms with E-state index in [9.17, 15) is 4.79 Å². The molecular weight excluding hydrogens is 330 g/mol. The van der Waals surface area contributed by atoms with Crippen LogP contribution in [0.5, 0.6) is 11.5 Å². The first-order valence-corrected chi connectivity index (χ1v) is 8.71. The second-order valence-electron chi connectivity index (χ2n) is 6.28. The van der Waals surface area contributed by atoms with Crippen molar-refractivity contribution in [1.29, 1.82) is 0 Å². The van der Waals surface area contributed by atoms with E-state index in [1.807, 2.05) is 41.3 Å². The number of piperazine rings is 1. The molecule has 0 atom stereocenters. The molecule has 1 fully saturated rings. The lowest BCUT2D eigenvalue weighted by Crippen LogP contribution is -2.50. The number of benzene rings is 2. The molecule has 0 saturated carbocycles. The number of methoxy groups -OCH3 is 2. The van der Waals surface area contributed by atoms with Crippen molar-refractivity contribution in [2.45, 2.75) is 6.92 Å². The van der Waals surface area contributed by atoms with Gasteiger partial charge in [-0.1, -0.05) is 18.2 Å². The summed E-state index contributed by atoms with van der Waals surface area (Å²) in [6, 6.07) is 13.5. The Hall–Kier alpha value is -2.89. The third-order valence-electron chi connectivity index (χ3n) is 4.59. The number of carbonyl (C=O) groups is 1. The van der Waals surface area contributed by atoms with Crippen molar-refractivity contribution in [3.05, 3.63) is 48.0 Å². The highest BCUT2D eigenvalue weighted by atomic mass is 16.5. The van der Waals surface area contributed by atoms with Crippen molar-refractivity contribution in [3.8, 4) is 11.5 Å². The van der Waals surface area contributed by atoms with E-state index in [4.69, 9.17) is 9.47 Å². The van der Waals surface area contributed by atoms with Crippen LogP contribution in [0.3, 0.4) is 0 Å². The number of hydrogen-bond acceptors (Lipinski definition) is 4. The van der Waals surface area contributed by atoms with Gasteiger partial charge < -0.3 is 24.6 Å². The summed E-state index contributed by atoms with van der Waals surface area (Å²) in [4.78, 5) is 16.7. The van der Waals surface area contributed by atoms with E-state index >= 15 is 0 Å². The molecule has 1 N–H and O–H groups in total. The molecule has 3 rings (SSSR count). The molecule has 0 bridgehead atoms. The Kier molecular flexibility index (Phi) is 5.51. The van der Waals surface area contributed by atoms with Gasteiger partial charge in [-0.3, -0.25) is 0 Å². The monoisotopic (exact) mass is 355 g/mol. The molecule has 6 nitrogen and oxygen atoms in total. The average molecular weight is 355 g/mol. The quantitative estimate of drug-likeness (QED) is 0.914. The zero-order chi connectivity index (χ0) is 18.5.